The molecule has 1 aromatic rings. The van der Waals surface area contributed by atoms with E-state index in [1.165, 1.54) is 5.69 Å². The van der Waals surface area contributed by atoms with Gasteiger partial charge in [0.15, 0.2) is 0 Å². The van der Waals surface area contributed by atoms with Crippen LogP contribution in [-0.4, -0.2) is 65.2 Å². The van der Waals surface area contributed by atoms with Crippen LogP contribution in [-0.2, 0) is 29.0 Å². The van der Waals surface area contributed by atoms with E-state index in [9.17, 15) is 4.79 Å². The average molecular weight is 292 g/mol. The van der Waals surface area contributed by atoms with E-state index in [4.69, 9.17) is 4.74 Å². The minimum atomic E-state index is -0.211. The van der Waals surface area contributed by atoms with Gasteiger partial charge in [-0.25, -0.2) is 4.98 Å². The van der Waals surface area contributed by atoms with Gasteiger partial charge < -0.3 is 19.1 Å². The first kappa shape index (κ1) is 14.5. The van der Waals surface area contributed by atoms with Crippen molar-refractivity contribution in [2.24, 2.45) is 0 Å². The summed E-state index contributed by atoms with van der Waals surface area (Å²) in [7, 11) is 4.12. The number of carbonyl (C=O) groups excluding carboxylic acids is 1. The van der Waals surface area contributed by atoms with Crippen molar-refractivity contribution in [3.05, 3.63) is 17.7 Å². The molecule has 1 aromatic heterocycles. The van der Waals surface area contributed by atoms with E-state index in [0.29, 0.717) is 0 Å². The maximum absolute atomic E-state index is 12.5. The summed E-state index contributed by atoms with van der Waals surface area (Å²) in [6.07, 6.45) is 4.44. The number of aromatic nitrogens is 2. The van der Waals surface area contributed by atoms with Crippen LogP contribution in [0.3, 0.4) is 0 Å². The Kier molecular flexibility index (Phi) is 4.26. The number of nitrogens with zero attached hydrogens (tertiary/aromatic N) is 4. The summed E-state index contributed by atoms with van der Waals surface area (Å²) in [5, 5.41) is 0. The fourth-order valence-corrected chi connectivity index (χ4v) is 3.14. The highest BCUT2D eigenvalue weighted by molar-refractivity contribution is 5.81. The van der Waals surface area contributed by atoms with Crippen LogP contribution in [0.25, 0.3) is 0 Å². The van der Waals surface area contributed by atoms with E-state index in [1.807, 2.05) is 11.1 Å². The number of hydrogen-bond donors (Lipinski definition) is 0. The van der Waals surface area contributed by atoms with Crippen molar-refractivity contribution in [1.82, 2.24) is 19.4 Å². The molecule has 0 aromatic carbocycles. The summed E-state index contributed by atoms with van der Waals surface area (Å²) in [4.78, 5) is 21.1. The standard InChI is InChI=1S/C15H24N4O2/c1-17(2)11-12-10-16-14-5-6-18(7-8-19(12)14)15(20)13-4-3-9-21-13/h10,13H,3-9,11H2,1-2H3/t13-/m0/s1. The van der Waals surface area contributed by atoms with Gasteiger partial charge in [0, 0.05) is 45.4 Å². The third-order valence-corrected chi connectivity index (χ3v) is 4.21. The normalized spacial score (nSPS) is 22.4. The molecule has 0 saturated carbocycles. The molecule has 6 nitrogen and oxygen atoms in total. The number of fused-ring (bicyclic) bond motifs is 1. The second-order valence-electron chi connectivity index (χ2n) is 6.13. The van der Waals surface area contributed by atoms with Crippen molar-refractivity contribution in [3.8, 4) is 0 Å². The molecule has 2 aliphatic heterocycles. The van der Waals surface area contributed by atoms with Crippen molar-refractivity contribution >= 4 is 5.91 Å². The highest BCUT2D eigenvalue weighted by atomic mass is 16.5. The van der Waals surface area contributed by atoms with Gasteiger partial charge >= 0.3 is 0 Å². The number of amides is 1. The molecule has 1 amide bonds. The zero-order valence-corrected chi connectivity index (χ0v) is 12.9. The Balaban J connectivity index is 1.67. The quantitative estimate of drug-likeness (QED) is 0.814. The predicted octanol–water partition coefficient (Wildman–Crippen LogP) is 0.508. The molecule has 0 radical (unpaired) electrons. The lowest BCUT2D eigenvalue weighted by molar-refractivity contribution is -0.140. The van der Waals surface area contributed by atoms with Crippen LogP contribution in [0.15, 0.2) is 6.20 Å². The monoisotopic (exact) mass is 292 g/mol. The van der Waals surface area contributed by atoms with Crippen molar-refractivity contribution in [3.63, 3.8) is 0 Å². The molecule has 0 spiro atoms. The van der Waals surface area contributed by atoms with Crippen LogP contribution in [0.2, 0.25) is 0 Å². The first-order valence-electron chi connectivity index (χ1n) is 7.73. The van der Waals surface area contributed by atoms with Crippen LogP contribution in [0.1, 0.15) is 24.4 Å². The van der Waals surface area contributed by atoms with E-state index < -0.39 is 0 Å². The summed E-state index contributed by atoms with van der Waals surface area (Å²) in [5.41, 5.74) is 1.22. The summed E-state index contributed by atoms with van der Waals surface area (Å²) < 4.78 is 7.79. The smallest absolute Gasteiger partial charge is 0.251 e. The number of hydrogen-bond acceptors (Lipinski definition) is 4. The van der Waals surface area contributed by atoms with Crippen molar-refractivity contribution in [1.29, 1.82) is 0 Å². The van der Waals surface area contributed by atoms with Gasteiger partial charge in [-0.1, -0.05) is 0 Å². The highest BCUT2D eigenvalue weighted by Gasteiger charge is 2.29. The van der Waals surface area contributed by atoms with Crippen molar-refractivity contribution < 1.29 is 9.53 Å². The number of carbonyl (C=O) groups is 1. The third-order valence-electron chi connectivity index (χ3n) is 4.21. The minimum absolute atomic E-state index is 0.160. The van der Waals surface area contributed by atoms with Gasteiger partial charge in [0.2, 0.25) is 0 Å². The lowest BCUT2D eigenvalue weighted by atomic mass is 10.2. The van der Waals surface area contributed by atoms with Gasteiger partial charge in [-0.2, -0.15) is 0 Å². The molecule has 0 unspecified atom stereocenters. The Bertz CT molecular complexity index is 506. The Labute approximate surface area is 125 Å². The molecular weight excluding hydrogens is 268 g/mol. The van der Waals surface area contributed by atoms with Gasteiger partial charge in [-0.3, -0.25) is 4.79 Å². The molecule has 3 heterocycles. The van der Waals surface area contributed by atoms with Crippen molar-refractivity contribution in [2.75, 3.05) is 33.8 Å². The zero-order chi connectivity index (χ0) is 14.8. The molecule has 1 saturated heterocycles. The molecule has 0 N–H and O–H groups in total. The van der Waals surface area contributed by atoms with E-state index >= 15 is 0 Å². The molecule has 2 aliphatic rings. The molecule has 0 aliphatic carbocycles. The van der Waals surface area contributed by atoms with Gasteiger partial charge in [0.05, 0.1) is 5.69 Å². The first-order chi connectivity index (χ1) is 10.1. The SMILES string of the molecule is CN(C)Cc1cnc2n1CCN(C(=O)[C@@H]1CCCO1)CC2. The topological polar surface area (TPSA) is 50.6 Å². The fraction of sp³-hybridized carbons (Fsp3) is 0.733. The molecular formula is C15H24N4O2. The second kappa shape index (κ2) is 6.15. The van der Waals surface area contributed by atoms with Crippen molar-refractivity contribution in [2.45, 2.75) is 38.5 Å². The molecule has 3 rings (SSSR count). The van der Waals surface area contributed by atoms with Crippen LogP contribution in [0.5, 0.6) is 0 Å². The van der Waals surface area contributed by atoms with Crippen LogP contribution < -0.4 is 0 Å². The van der Waals surface area contributed by atoms with Crippen LogP contribution in [0.4, 0.5) is 0 Å². The highest BCUT2D eigenvalue weighted by Crippen LogP contribution is 2.18. The van der Waals surface area contributed by atoms with Crippen LogP contribution in [0, 0.1) is 0 Å². The lowest BCUT2D eigenvalue weighted by Gasteiger charge is -2.23. The molecule has 21 heavy (non-hydrogen) atoms. The molecule has 6 heteroatoms. The second-order valence-corrected chi connectivity index (χ2v) is 6.13. The van der Waals surface area contributed by atoms with Gasteiger partial charge in [-0.05, 0) is 26.9 Å². The summed E-state index contributed by atoms with van der Waals surface area (Å²) in [5.74, 6) is 1.25. The molecule has 116 valence electrons. The molecule has 1 fully saturated rings. The minimum Gasteiger partial charge on any atom is -0.368 e. The summed E-state index contributed by atoms with van der Waals surface area (Å²) in [6, 6.07) is 0. The summed E-state index contributed by atoms with van der Waals surface area (Å²) >= 11 is 0. The number of imidazole rings is 1. The molecule has 0 bridgehead atoms. The largest absolute Gasteiger partial charge is 0.368 e. The molecule has 1 atom stereocenters. The Morgan fingerprint density at radius 3 is 3.00 bits per heavy atom. The Morgan fingerprint density at radius 1 is 1.43 bits per heavy atom. The van der Waals surface area contributed by atoms with Gasteiger partial charge in [0.25, 0.3) is 5.91 Å². The Morgan fingerprint density at radius 2 is 2.29 bits per heavy atom. The summed E-state index contributed by atoms with van der Waals surface area (Å²) in [6.45, 7) is 3.93. The maximum Gasteiger partial charge on any atom is 0.251 e. The Hall–Kier alpha value is -1.40. The first-order valence-corrected chi connectivity index (χ1v) is 7.73. The number of ether oxygens (including phenoxy) is 1. The van der Waals surface area contributed by atoms with Gasteiger partial charge in [-0.15, -0.1) is 0 Å². The van der Waals surface area contributed by atoms with E-state index in [1.54, 1.807) is 0 Å². The average Bonchev–Trinajstić information content (AvgIpc) is 3.04. The fourth-order valence-electron chi connectivity index (χ4n) is 3.14. The lowest BCUT2D eigenvalue weighted by Crippen LogP contribution is -2.40. The van der Waals surface area contributed by atoms with Gasteiger partial charge in [0.1, 0.15) is 11.9 Å². The zero-order valence-electron chi connectivity index (χ0n) is 12.9. The van der Waals surface area contributed by atoms with E-state index in [0.717, 1.165) is 57.9 Å². The maximum atomic E-state index is 12.5. The third kappa shape index (κ3) is 3.11. The number of rotatable bonds is 3. The van der Waals surface area contributed by atoms with Crippen LogP contribution >= 0.6 is 0 Å². The predicted molar refractivity (Wildman–Crippen MR) is 78.9 cm³/mol. The van der Waals surface area contributed by atoms with E-state index in [-0.39, 0.29) is 12.0 Å². The van der Waals surface area contributed by atoms with E-state index in [2.05, 4.69) is 28.5 Å².